The van der Waals surface area contributed by atoms with Gasteiger partial charge in [-0.3, -0.25) is 9.59 Å². The number of amides is 2. The molecule has 0 unspecified atom stereocenters. The van der Waals surface area contributed by atoms with Crippen LogP contribution in [0.1, 0.15) is 36.1 Å². The summed E-state index contributed by atoms with van der Waals surface area (Å²) in [6, 6.07) is 9.47. The second kappa shape index (κ2) is 11.8. The highest BCUT2D eigenvalue weighted by Gasteiger charge is 2.25. The van der Waals surface area contributed by atoms with Crippen molar-refractivity contribution in [1.82, 2.24) is 20.1 Å². The number of carbonyl (C=O) groups is 2. The fraction of sp³-hybridized carbons (Fsp3) is 0.273. The zero-order chi connectivity index (χ0) is 25.0. The summed E-state index contributed by atoms with van der Waals surface area (Å²) in [5.41, 5.74) is 0.990. The van der Waals surface area contributed by atoms with Crippen LogP contribution in [-0.2, 0) is 11.8 Å². The van der Waals surface area contributed by atoms with E-state index in [1.807, 2.05) is 13.8 Å². The number of nitrogens with one attached hydrogen (secondary N) is 2. The van der Waals surface area contributed by atoms with E-state index >= 15 is 0 Å². The van der Waals surface area contributed by atoms with E-state index in [1.165, 1.54) is 17.8 Å². The molecule has 0 aliphatic heterocycles. The average Bonchev–Trinajstić information content (AvgIpc) is 3.14. The first-order valence-electron chi connectivity index (χ1n) is 10.1. The van der Waals surface area contributed by atoms with Crippen LogP contribution < -0.4 is 10.6 Å². The minimum absolute atomic E-state index is 0.0259. The van der Waals surface area contributed by atoms with Crippen LogP contribution in [0.2, 0.25) is 15.1 Å². The first kappa shape index (κ1) is 26.8. The van der Waals surface area contributed by atoms with Gasteiger partial charge in [-0.2, -0.15) is 0 Å². The van der Waals surface area contributed by atoms with Gasteiger partial charge in [0.2, 0.25) is 5.91 Å². The van der Waals surface area contributed by atoms with E-state index in [2.05, 4.69) is 36.8 Å². The second-order valence-electron chi connectivity index (χ2n) is 7.69. The minimum atomic E-state index is -0.410. The molecule has 1 aromatic heterocycles. The van der Waals surface area contributed by atoms with Gasteiger partial charge in [-0.1, -0.05) is 60.4 Å². The molecule has 2 amide bonds. The smallest absolute Gasteiger partial charge is 0.251 e. The van der Waals surface area contributed by atoms with Gasteiger partial charge in [-0.15, -0.1) is 10.2 Å². The molecule has 0 fully saturated rings. The average molecular weight is 606 g/mol. The number of halogens is 4. The van der Waals surface area contributed by atoms with Crippen LogP contribution in [0.25, 0.3) is 0 Å². The van der Waals surface area contributed by atoms with Crippen molar-refractivity contribution in [3.05, 3.63) is 67.3 Å². The van der Waals surface area contributed by atoms with Crippen LogP contribution >= 0.6 is 62.5 Å². The predicted molar refractivity (Wildman–Crippen MR) is 141 cm³/mol. The lowest BCUT2D eigenvalue weighted by atomic mass is 10.0. The zero-order valence-corrected chi connectivity index (χ0v) is 23.1. The van der Waals surface area contributed by atoms with E-state index in [-0.39, 0.29) is 23.5 Å². The quantitative estimate of drug-likeness (QED) is 0.290. The van der Waals surface area contributed by atoms with Crippen molar-refractivity contribution in [3.8, 4) is 0 Å². The van der Waals surface area contributed by atoms with Crippen LogP contribution in [0, 0.1) is 5.92 Å². The molecule has 2 N–H and O–H groups in total. The van der Waals surface area contributed by atoms with Crippen molar-refractivity contribution in [1.29, 1.82) is 0 Å². The van der Waals surface area contributed by atoms with E-state index in [4.69, 9.17) is 34.8 Å². The van der Waals surface area contributed by atoms with E-state index in [1.54, 1.807) is 41.9 Å². The Labute approximate surface area is 225 Å². The fourth-order valence-electron chi connectivity index (χ4n) is 3.02. The van der Waals surface area contributed by atoms with Crippen molar-refractivity contribution in [2.24, 2.45) is 13.0 Å². The normalized spacial score (nSPS) is 12.0. The number of hydrogen-bond acceptors (Lipinski definition) is 5. The lowest BCUT2D eigenvalue weighted by Gasteiger charge is -2.22. The summed E-state index contributed by atoms with van der Waals surface area (Å²) in [5, 5.41) is 16.0. The van der Waals surface area contributed by atoms with Crippen molar-refractivity contribution in [2.75, 3.05) is 11.1 Å². The number of benzene rings is 2. The molecule has 3 aromatic rings. The van der Waals surface area contributed by atoms with Gasteiger partial charge in [0.15, 0.2) is 11.0 Å². The minimum Gasteiger partial charge on any atom is -0.342 e. The standard InChI is InChI=1S/C22H21BrCl3N5O2S/c1-11(2)19(28-21(33)12-4-7-15(24)17(26)8-12)20-29-30-22(31(20)3)34-10-18(32)27-13-5-6-14(23)16(25)9-13/h4-9,11,19H,10H2,1-3H3,(H,27,32)(H,28,33)/t19-/m1/s1. The molecule has 2 aromatic carbocycles. The van der Waals surface area contributed by atoms with Gasteiger partial charge in [0, 0.05) is 22.8 Å². The molecule has 0 bridgehead atoms. The van der Waals surface area contributed by atoms with Crippen molar-refractivity contribution >= 4 is 80.0 Å². The summed E-state index contributed by atoms with van der Waals surface area (Å²) in [4.78, 5) is 25.2. The molecule has 34 heavy (non-hydrogen) atoms. The molecule has 1 atom stereocenters. The lowest BCUT2D eigenvalue weighted by molar-refractivity contribution is -0.113. The molecule has 0 radical (unpaired) electrons. The number of nitrogens with zero attached hydrogens (tertiary/aromatic N) is 3. The Hall–Kier alpha value is -1.78. The third kappa shape index (κ3) is 6.66. The first-order chi connectivity index (χ1) is 16.1. The third-order valence-corrected chi connectivity index (χ3v) is 7.81. The van der Waals surface area contributed by atoms with Crippen molar-refractivity contribution in [3.63, 3.8) is 0 Å². The van der Waals surface area contributed by atoms with Gasteiger partial charge < -0.3 is 15.2 Å². The van der Waals surface area contributed by atoms with Gasteiger partial charge in [0.25, 0.3) is 5.91 Å². The first-order valence-corrected chi connectivity index (χ1v) is 13.0. The Balaban J connectivity index is 1.67. The molecule has 0 saturated heterocycles. The lowest BCUT2D eigenvalue weighted by Crippen LogP contribution is -2.33. The summed E-state index contributed by atoms with van der Waals surface area (Å²) in [7, 11) is 1.80. The summed E-state index contributed by atoms with van der Waals surface area (Å²) in [5.74, 6) is 0.217. The molecule has 7 nitrogen and oxygen atoms in total. The van der Waals surface area contributed by atoms with E-state index in [9.17, 15) is 9.59 Å². The number of rotatable bonds is 8. The molecule has 0 aliphatic rings. The van der Waals surface area contributed by atoms with Crippen LogP contribution in [0.15, 0.2) is 46.0 Å². The Morgan fingerprint density at radius 2 is 1.79 bits per heavy atom. The van der Waals surface area contributed by atoms with Gasteiger partial charge >= 0.3 is 0 Å². The molecule has 0 spiro atoms. The van der Waals surface area contributed by atoms with Crippen LogP contribution in [-0.4, -0.2) is 32.3 Å². The van der Waals surface area contributed by atoms with Gasteiger partial charge in [0.05, 0.1) is 26.9 Å². The molecule has 180 valence electrons. The Kier molecular flexibility index (Phi) is 9.28. The van der Waals surface area contributed by atoms with E-state index in [0.717, 1.165) is 4.47 Å². The van der Waals surface area contributed by atoms with Gasteiger partial charge in [-0.05, 0) is 58.2 Å². The highest BCUT2D eigenvalue weighted by atomic mass is 79.9. The Morgan fingerprint density at radius 3 is 2.44 bits per heavy atom. The molecular weight excluding hydrogens is 585 g/mol. The number of hydrogen-bond donors (Lipinski definition) is 2. The SMILES string of the molecule is CC(C)[C@@H](NC(=O)c1ccc(Cl)c(Cl)c1)c1nnc(SCC(=O)Nc2ccc(Br)c(Cl)c2)n1C. The van der Waals surface area contributed by atoms with Crippen LogP contribution in [0.4, 0.5) is 5.69 Å². The van der Waals surface area contributed by atoms with Crippen molar-refractivity contribution < 1.29 is 9.59 Å². The van der Waals surface area contributed by atoms with Gasteiger partial charge in [-0.25, -0.2) is 0 Å². The predicted octanol–water partition coefficient (Wildman–Crippen LogP) is 6.40. The Bertz CT molecular complexity index is 1220. The second-order valence-corrected chi connectivity index (χ2v) is 10.7. The van der Waals surface area contributed by atoms with E-state index < -0.39 is 6.04 Å². The maximum Gasteiger partial charge on any atom is 0.251 e. The highest BCUT2D eigenvalue weighted by Crippen LogP contribution is 2.28. The van der Waals surface area contributed by atoms with E-state index in [0.29, 0.717) is 37.3 Å². The topological polar surface area (TPSA) is 88.9 Å². The highest BCUT2D eigenvalue weighted by molar-refractivity contribution is 9.10. The molecule has 0 saturated carbocycles. The number of anilines is 1. The molecule has 12 heteroatoms. The molecule has 0 aliphatic carbocycles. The van der Waals surface area contributed by atoms with Gasteiger partial charge in [0.1, 0.15) is 0 Å². The largest absolute Gasteiger partial charge is 0.342 e. The summed E-state index contributed by atoms with van der Waals surface area (Å²) in [6.07, 6.45) is 0. The molecule has 1 heterocycles. The summed E-state index contributed by atoms with van der Waals surface area (Å²) >= 11 is 22.6. The fourth-order valence-corrected chi connectivity index (χ4v) is 4.46. The third-order valence-electron chi connectivity index (χ3n) is 4.82. The monoisotopic (exact) mass is 603 g/mol. The summed E-state index contributed by atoms with van der Waals surface area (Å²) in [6.45, 7) is 3.94. The zero-order valence-electron chi connectivity index (χ0n) is 18.4. The van der Waals surface area contributed by atoms with Crippen LogP contribution in [0.5, 0.6) is 0 Å². The molecular formula is C22H21BrCl3N5O2S. The number of thioether (sulfide) groups is 1. The number of aromatic nitrogens is 3. The Morgan fingerprint density at radius 1 is 1.06 bits per heavy atom. The number of carbonyl (C=O) groups excluding carboxylic acids is 2. The molecule has 3 rings (SSSR count). The van der Waals surface area contributed by atoms with Crippen molar-refractivity contribution in [2.45, 2.75) is 25.0 Å². The van der Waals surface area contributed by atoms with Crippen LogP contribution in [0.3, 0.4) is 0 Å². The maximum atomic E-state index is 12.8. The maximum absolute atomic E-state index is 12.8. The summed E-state index contributed by atoms with van der Waals surface area (Å²) < 4.78 is 2.52.